The minimum Gasteiger partial charge on any atom is -0.378 e. The topological polar surface area (TPSA) is 83.6 Å². The molecule has 27 heavy (non-hydrogen) atoms. The number of carbonyl (C=O) groups excluding carboxylic acids is 2. The molecule has 146 valence electrons. The predicted octanol–water partition coefficient (Wildman–Crippen LogP) is 2.62. The van der Waals surface area contributed by atoms with Gasteiger partial charge in [-0.1, -0.05) is 32.1 Å². The summed E-state index contributed by atoms with van der Waals surface area (Å²) < 4.78 is 6.40. The standard InChI is InChI=1S/C19H26N4O3S/c1-12(20-17(25)19(2,3)4)16(24)21-13-5-6-14-15(11-13)27-18(22-14)23-7-9-26-10-8-23/h5-6,11-12H,7-10H2,1-4H3,(H,20,25)(H,21,24). The van der Waals surface area contributed by atoms with Crippen LogP contribution in [0.3, 0.4) is 0 Å². The number of ether oxygens (including phenoxy) is 1. The zero-order chi connectivity index (χ0) is 19.6. The molecule has 1 aliphatic heterocycles. The predicted molar refractivity (Wildman–Crippen MR) is 108 cm³/mol. The van der Waals surface area contributed by atoms with Crippen molar-refractivity contribution < 1.29 is 14.3 Å². The molecule has 2 amide bonds. The van der Waals surface area contributed by atoms with E-state index in [1.807, 2.05) is 39.0 Å². The van der Waals surface area contributed by atoms with E-state index in [9.17, 15) is 9.59 Å². The molecule has 0 aliphatic carbocycles. The minimum atomic E-state index is -0.613. The van der Waals surface area contributed by atoms with Crippen LogP contribution in [-0.4, -0.2) is 49.1 Å². The van der Waals surface area contributed by atoms with Crippen molar-refractivity contribution in [2.24, 2.45) is 5.41 Å². The van der Waals surface area contributed by atoms with Gasteiger partial charge < -0.3 is 20.3 Å². The zero-order valence-electron chi connectivity index (χ0n) is 16.2. The number of carbonyl (C=O) groups is 2. The van der Waals surface area contributed by atoms with E-state index >= 15 is 0 Å². The van der Waals surface area contributed by atoms with Gasteiger partial charge in [0.05, 0.1) is 23.4 Å². The smallest absolute Gasteiger partial charge is 0.246 e. The molecule has 0 saturated carbocycles. The molecule has 2 N–H and O–H groups in total. The van der Waals surface area contributed by atoms with E-state index in [1.165, 1.54) is 0 Å². The Labute approximate surface area is 163 Å². The van der Waals surface area contributed by atoms with Crippen LogP contribution in [0.2, 0.25) is 0 Å². The van der Waals surface area contributed by atoms with Gasteiger partial charge in [-0.05, 0) is 25.1 Å². The fraction of sp³-hybridized carbons (Fsp3) is 0.526. The monoisotopic (exact) mass is 390 g/mol. The van der Waals surface area contributed by atoms with Crippen molar-refractivity contribution in [1.82, 2.24) is 10.3 Å². The summed E-state index contributed by atoms with van der Waals surface area (Å²) in [4.78, 5) is 31.3. The second-order valence-electron chi connectivity index (χ2n) is 7.71. The summed E-state index contributed by atoms with van der Waals surface area (Å²) in [5.41, 5.74) is 1.07. The Balaban J connectivity index is 1.67. The molecule has 2 aromatic rings. The number of anilines is 2. The highest BCUT2D eigenvalue weighted by molar-refractivity contribution is 7.22. The lowest BCUT2D eigenvalue weighted by Gasteiger charge is -2.25. The van der Waals surface area contributed by atoms with E-state index in [4.69, 9.17) is 4.74 Å². The summed E-state index contributed by atoms with van der Waals surface area (Å²) in [6.07, 6.45) is 0. The summed E-state index contributed by atoms with van der Waals surface area (Å²) in [5.74, 6) is -0.400. The average Bonchev–Trinajstić information content (AvgIpc) is 3.05. The highest BCUT2D eigenvalue weighted by atomic mass is 32.1. The molecule has 1 aromatic carbocycles. The Morgan fingerprint density at radius 1 is 1.26 bits per heavy atom. The summed E-state index contributed by atoms with van der Waals surface area (Å²) in [6, 6.07) is 5.05. The maximum atomic E-state index is 12.4. The van der Waals surface area contributed by atoms with E-state index in [-0.39, 0.29) is 11.8 Å². The van der Waals surface area contributed by atoms with Gasteiger partial charge in [-0.25, -0.2) is 4.98 Å². The van der Waals surface area contributed by atoms with Crippen LogP contribution in [0.1, 0.15) is 27.7 Å². The van der Waals surface area contributed by atoms with E-state index in [0.717, 1.165) is 41.7 Å². The van der Waals surface area contributed by atoms with Gasteiger partial charge in [-0.3, -0.25) is 9.59 Å². The number of aromatic nitrogens is 1. The first-order chi connectivity index (χ1) is 12.7. The third-order valence-corrected chi connectivity index (χ3v) is 5.43. The van der Waals surface area contributed by atoms with Gasteiger partial charge in [0.25, 0.3) is 0 Å². The molecule has 1 aromatic heterocycles. The number of hydrogen-bond acceptors (Lipinski definition) is 6. The Kier molecular flexibility index (Phi) is 5.67. The molecule has 1 unspecified atom stereocenters. The number of benzene rings is 1. The lowest BCUT2D eigenvalue weighted by atomic mass is 9.95. The molecular formula is C19H26N4O3S. The molecule has 2 heterocycles. The van der Waals surface area contributed by atoms with Gasteiger partial charge in [-0.15, -0.1) is 0 Å². The van der Waals surface area contributed by atoms with Crippen LogP contribution in [0.25, 0.3) is 10.2 Å². The molecule has 1 fully saturated rings. The van der Waals surface area contributed by atoms with E-state index in [0.29, 0.717) is 5.69 Å². The lowest BCUT2D eigenvalue weighted by Crippen LogP contribution is -2.46. The molecule has 0 spiro atoms. The number of morpholine rings is 1. The maximum Gasteiger partial charge on any atom is 0.246 e. The van der Waals surface area contributed by atoms with Crippen molar-refractivity contribution in [3.63, 3.8) is 0 Å². The number of fused-ring (bicyclic) bond motifs is 1. The quantitative estimate of drug-likeness (QED) is 0.838. The molecule has 1 aliphatic rings. The molecule has 0 bridgehead atoms. The van der Waals surface area contributed by atoms with Crippen LogP contribution >= 0.6 is 11.3 Å². The van der Waals surface area contributed by atoms with Crippen molar-refractivity contribution in [2.45, 2.75) is 33.7 Å². The largest absolute Gasteiger partial charge is 0.378 e. The summed E-state index contributed by atoms with van der Waals surface area (Å²) in [7, 11) is 0. The number of amides is 2. The summed E-state index contributed by atoms with van der Waals surface area (Å²) >= 11 is 1.61. The molecule has 1 atom stereocenters. The first-order valence-electron chi connectivity index (χ1n) is 9.09. The van der Waals surface area contributed by atoms with Gasteiger partial charge in [0.15, 0.2) is 5.13 Å². The summed E-state index contributed by atoms with van der Waals surface area (Å²) in [6.45, 7) is 10.2. The maximum absolute atomic E-state index is 12.4. The molecule has 8 heteroatoms. The molecule has 0 radical (unpaired) electrons. The number of thiazole rings is 1. The van der Waals surface area contributed by atoms with Crippen LogP contribution in [0.5, 0.6) is 0 Å². The average molecular weight is 391 g/mol. The van der Waals surface area contributed by atoms with Gasteiger partial charge in [0, 0.05) is 24.2 Å². The lowest BCUT2D eigenvalue weighted by molar-refractivity contribution is -0.131. The first kappa shape index (κ1) is 19.6. The van der Waals surface area contributed by atoms with Crippen LogP contribution in [0.15, 0.2) is 18.2 Å². The van der Waals surface area contributed by atoms with Crippen LogP contribution in [-0.2, 0) is 14.3 Å². The van der Waals surface area contributed by atoms with Gasteiger partial charge in [-0.2, -0.15) is 0 Å². The highest BCUT2D eigenvalue weighted by Gasteiger charge is 2.25. The minimum absolute atomic E-state index is 0.154. The van der Waals surface area contributed by atoms with Crippen molar-refractivity contribution in [3.05, 3.63) is 18.2 Å². The second kappa shape index (κ2) is 7.82. The number of nitrogens with zero attached hydrogens (tertiary/aromatic N) is 2. The Morgan fingerprint density at radius 2 is 1.96 bits per heavy atom. The third-order valence-electron chi connectivity index (χ3n) is 4.35. The van der Waals surface area contributed by atoms with Crippen molar-refractivity contribution in [3.8, 4) is 0 Å². The first-order valence-corrected chi connectivity index (χ1v) is 9.91. The fourth-order valence-electron chi connectivity index (χ4n) is 2.61. The number of nitrogens with one attached hydrogen (secondary N) is 2. The van der Waals surface area contributed by atoms with E-state index < -0.39 is 11.5 Å². The molecule has 1 saturated heterocycles. The van der Waals surface area contributed by atoms with Gasteiger partial charge in [0.2, 0.25) is 11.8 Å². The molecular weight excluding hydrogens is 364 g/mol. The highest BCUT2D eigenvalue weighted by Crippen LogP contribution is 2.31. The second-order valence-corrected chi connectivity index (χ2v) is 8.72. The SMILES string of the molecule is CC(NC(=O)C(C)(C)C)C(=O)Nc1ccc2nc(N3CCOCC3)sc2c1. The van der Waals surface area contributed by atoms with Crippen molar-refractivity contribution in [2.75, 3.05) is 36.5 Å². The normalized spacial score (nSPS) is 16.2. The van der Waals surface area contributed by atoms with Gasteiger partial charge in [0.1, 0.15) is 6.04 Å². The van der Waals surface area contributed by atoms with E-state index in [2.05, 4.69) is 20.5 Å². The van der Waals surface area contributed by atoms with Gasteiger partial charge >= 0.3 is 0 Å². The molecule has 3 rings (SSSR count). The summed E-state index contributed by atoms with van der Waals surface area (Å²) in [5, 5.41) is 6.59. The van der Waals surface area contributed by atoms with Crippen molar-refractivity contribution >= 4 is 44.2 Å². The zero-order valence-corrected chi connectivity index (χ0v) is 17.0. The van der Waals surface area contributed by atoms with Crippen LogP contribution in [0, 0.1) is 5.41 Å². The Morgan fingerprint density at radius 3 is 2.63 bits per heavy atom. The Hall–Kier alpha value is -2.19. The van der Waals surface area contributed by atoms with E-state index in [1.54, 1.807) is 18.3 Å². The van der Waals surface area contributed by atoms with Crippen LogP contribution in [0.4, 0.5) is 10.8 Å². The molecule has 7 nitrogen and oxygen atoms in total. The van der Waals surface area contributed by atoms with Crippen molar-refractivity contribution in [1.29, 1.82) is 0 Å². The third kappa shape index (κ3) is 4.75. The fourth-order valence-corrected chi connectivity index (χ4v) is 3.67. The number of hydrogen-bond donors (Lipinski definition) is 2. The Bertz CT molecular complexity index is 837. The van der Waals surface area contributed by atoms with Crippen LogP contribution < -0.4 is 15.5 Å². The number of rotatable bonds is 4.